The molecule has 0 saturated carbocycles. The zero-order valence-electron chi connectivity index (χ0n) is 8.74. The molecule has 0 saturated heterocycles. The lowest BCUT2D eigenvalue weighted by atomic mass is 10.1. The number of nitrogens with zero attached hydrogens (tertiary/aromatic N) is 2. The van der Waals surface area contributed by atoms with E-state index in [-0.39, 0.29) is 5.91 Å². The normalized spacial score (nSPS) is 10.3. The summed E-state index contributed by atoms with van der Waals surface area (Å²) >= 11 is 0. The van der Waals surface area contributed by atoms with Crippen LogP contribution in [0, 0.1) is 0 Å². The Labute approximate surface area is 83.8 Å². The highest BCUT2D eigenvalue weighted by Gasteiger charge is 2.04. The number of amides is 1. The maximum absolute atomic E-state index is 11.1. The Balaban J connectivity index is 2.78. The van der Waals surface area contributed by atoms with Gasteiger partial charge in [-0.3, -0.25) is 4.79 Å². The number of carbonyl (C=O) groups is 1. The largest absolute Gasteiger partial charge is 0.311 e. The zero-order chi connectivity index (χ0) is 10.6. The molecule has 0 fully saturated rings. The topological polar surface area (TPSA) is 54.9 Å². The van der Waals surface area contributed by atoms with E-state index in [0.717, 1.165) is 5.69 Å². The van der Waals surface area contributed by atoms with Crippen molar-refractivity contribution in [1.82, 2.24) is 9.97 Å². The molecule has 1 heterocycles. The van der Waals surface area contributed by atoms with Crippen LogP contribution in [0.25, 0.3) is 0 Å². The van der Waals surface area contributed by atoms with Crippen LogP contribution in [0.3, 0.4) is 0 Å². The second-order valence-electron chi connectivity index (χ2n) is 3.38. The highest BCUT2D eigenvalue weighted by molar-refractivity contribution is 5.89. The number of hydrogen-bond acceptors (Lipinski definition) is 3. The van der Waals surface area contributed by atoms with Crippen LogP contribution in [0.2, 0.25) is 0 Å². The molecule has 0 aliphatic carbocycles. The maximum Gasteiger partial charge on any atom is 0.225 e. The Morgan fingerprint density at radius 2 is 2.21 bits per heavy atom. The third-order valence-electron chi connectivity index (χ3n) is 1.87. The molecule has 1 aromatic heterocycles. The van der Waals surface area contributed by atoms with E-state index >= 15 is 0 Å². The molecular formula is C10H15N3O. The van der Waals surface area contributed by atoms with E-state index in [4.69, 9.17) is 0 Å². The van der Waals surface area contributed by atoms with E-state index in [1.165, 1.54) is 6.33 Å². The number of anilines is 1. The van der Waals surface area contributed by atoms with Crippen molar-refractivity contribution < 1.29 is 4.79 Å². The summed E-state index contributed by atoms with van der Waals surface area (Å²) < 4.78 is 0. The minimum Gasteiger partial charge on any atom is -0.311 e. The molecule has 0 unspecified atom stereocenters. The standard InChI is InChI=1S/C10H15N3O/c1-4-10(14)13-9-5-8(7(2)3)11-6-12-9/h5-7H,4H2,1-3H3,(H,11,12,13,14). The summed E-state index contributed by atoms with van der Waals surface area (Å²) in [7, 11) is 0. The fraction of sp³-hybridized carbons (Fsp3) is 0.500. The molecule has 1 amide bonds. The van der Waals surface area contributed by atoms with E-state index in [2.05, 4.69) is 15.3 Å². The molecule has 0 radical (unpaired) electrons. The van der Waals surface area contributed by atoms with Crippen molar-refractivity contribution in [3.63, 3.8) is 0 Å². The summed E-state index contributed by atoms with van der Waals surface area (Å²) in [6.45, 7) is 5.90. The molecule has 0 bridgehead atoms. The smallest absolute Gasteiger partial charge is 0.225 e. The number of nitrogens with one attached hydrogen (secondary N) is 1. The molecule has 1 N–H and O–H groups in total. The molecular weight excluding hydrogens is 178 g/mol. The van der Waals surface area contributed by atoms with Crippen molar-refractivity contribution in [2.24, 2.45) is 0 Å². The van der Waals surface area contributed by atoms with Gasteiger partial charge in [0.1, 0.15) is 12.1 Å². The summed E-state index contributed by atoms with van der Waals surface area (Å²) in [5.41, 5.74) is 0.936. The van der Waals surface area contributed by atoms with Gasteiger partial charge in [-0.15, -0.1) is 0 Å². The summed E-state index contributed by atoms with van der Waals surface area (Å²) in [6.07, 6.45) is 1.93. The van der Waals surface area contributed by atoms with Crippen LogP contribution in [0.5, 0.6) is 0 Å². The number of aromatic nitrogens is 2. The number of hydrogen-bond donors (Lipinski definition) is 1. The van der Waals surface area contributed by atoms with Gasteiger partial charge in [-0.1, -0.05) is 20.8 Å². The summed E-state index contributed by atoms with van der Waals surface area (Å²) in [5.74, 6) is 0.893. The minimum atomic E-state index is -0.0293. The summed E-state index contributed by atoms with van der Waals surface area (Å²) in [5, 5.41) is 2.70. The molecule has 76 valence electrons. The summed E-state index contributed by atoms with van der Waals surface area (Å²) in [6, 6.07) is 1.80. The molecule has 0 aliphatic heterocycles. The average molecular weight is 193 g/mol. The van der Waals surface area contributed by atoms with E-state index in [9.17, 15) is 4.79 Å². The van der Waals surface area contributed by atoms with Crippen molar-refractivity contribution in [3.05, 3.63) is 18.1 Å². The molecule has 4 nitrogen and oxygen atoms in total. The van der Waals surface area contributed by atoms with Gasteiger partial charge >= 0.3 is 0 Å². The van der Waals surface area contributed by atoms with Gasteiger partial charge in [0.05, 0.1) is 0 Å². The molecule has 14 heavy (non-hydrogen) atoms. The van der Waals surface area contributed by atoms with E-state index < -0.39 is 0 Å². The number of rotatable bonds is 3. The van der Waals surface area contributed by atoms with Crippen LogP contribution in [0.4, 0.5) is 5.82 Å². The van der Waals surface area contributed by atoms with Gasteiger partial charge in [0.15, 0.2) is 0 Å². The zero-order valence-corrected chi connectivity index (χ0v) is 8.74. The van der Waals surface area contributed by atoms with Gasteiger partial charge in [-0.2, -0.15) is 0 Å². The second-order valence-corrected chi connectivity index (χ2v) is 3.38. The molecule has 1 rings (SSSR count). The third-order valence-corrected chi connectivity index (χ3v) is 1.87. The van der Waals surface area contributed by atoms with Crippen molar-refractivity contribution in [2.45, 2.75) is 33.1 Å². The van der Waals surface area contributed by atoms with Gasteiger partial charge in [-0.25, -0.2) is 9.97 Å². The fourth-order valence-corrected chi connectivity index (χ4v) is 0.988. The Morgan fingerprint density at radius 1 is 1.50 bits per heavy atom. The van der Waals surface area contributed by atoms with Crippen LogP contribution in [-0.2, 0) is 4.79 Å². The van der Waals surface area contributed by atoms with Gasteiger partial charge in [0.2, 0.25) is 5.91 Å². The monoisotopic (exact) mass is 193 g/mol. The van der Waals surface area contributed by atoms with Crippen LogP contribution in [0.1, 0.15) is 38.8 Å². The molecule has 0 aliphatic rings. The highest BCUT2D eigenvalue weighted by Crippen LogP contribution is 2.13. The number of carbonyl (C=O) groups excluding carboxylic acids is 1. The van der Waals surface area contributed by atoms with E-state index in [0.29, 0.717) is 18.2 Å². The predicted octanol–water partition coefficient (Wildman–Crippen LogP) is 1.95. The van der Waals surface area contributed by atoms with E-state index in [1.807, 2.05) is 13.8 Å². The van der Waals surface area contributed by atoms with Gasteiger partial charge in [0.25, 0.3) is 0 Å². The summed E-state index contributed by atoms with van der Waals surface area (Å²) in [4.78, 5) is 19.2. The van der Waals surface area contributed by atoms with Gasteiger partial charge in [-0.05, 0) is 5.92 Å². The predicted molar refractivity (Wildman–Crippen MR) is 55.0 cm³/mol. The first kappa shape index (κ1) is 10.6. The Morgan fingerprint density at radius 3 is 2.79 bits per heavy atom. The van der Waals surface area contributed by atoms with Crippen LogP contribution < -0.4 is 5.32 Å². The van der Waals surface area contributed by atoms with E-state index in [1.54, 1.807) is 13.0 Å². The molecule has 1 aromatic rings. The first-order valence-corrected chi connectivity index (χ1v) is 4.75. The van der Waals surface area contributed by atoms with Crippen LogP contribution in [-0.4, -0.2) is 15.9 Å². The Hall–Kier alpha value is -1.45. The average Bonchev–Trinajstić information content (AvgIpc) is 2.18. The minimum absolute atomic E-state index is 0.0293. The molecule has 0 aromatic carbocycles. The molecule has 0 spiro atoms. The van der Waals surface area contributed by atoms with Gasteiger partial charge < -0.3 is 5.32 Å². The maximum atomic E-state index is 11.1. The van der Waals surface area contributed by atoms with Crippen molar-refractivity contribution in [3.8, 4) is 0 Å². The van der Waals surface area contributed by atoms with Crippen LogP contribution in [0.15, 0.2) is 12.4 Å². The van der Waals surface area contributed by atoms with Crippen molar-refractivity contribution in [1.29, 1.82) is 0 Å². The lowest BCUT2D eigenvalue weighted by molar-refractivity contribution is -0.115. The fourth-order valence-electron chi connectivity index (χ4n) is 0.988. The Bertz CT molecular complexity index is 323. The van der Waals surface area contributed by atoms with Crippen LogP contribution >= 0.6 is 0 Å². The SMILES string of the molecule is CCC(=O)Nc1cc(C(C)C)ncn1. The Kier molecular flexibility index (Phi) is 3.56. The highest BCUT2D eigenvalue weighted by atomic mass is 16.1. The van der Waals surface area contributed by atoms with Crippen molar-refractivity contribution in [2.75, 3.05) is 5.32 Å². The first-order chi connectivity index (χ1) is 6.63. The third kappa shape index (κ3) is 2.80. The second kappa shape index (κ2) is 4.69. The molecule has 0 atom stereocenters. The van der Waals surface area contributed by atoms with Gasteiger partial charge in [0, 0.05) is 18.2 Å². The lowest BCUT2D eigenvalue weighted by Gasteiger charge is -2.06. The molecule has 4 heteroatoms. The quantitative estimate of drug-likeness (QED) is 0.798. The van der Waals surface area contributed by atoms with Crippen molar-refractivity contribution >= 4 is 11.7 Å². The first-order valence-electron chi connectivity index (χ1n) is 4.75. The lowest BCUT2D eigenvalue weighted by Crippen LogP contribution is -2.11.